The minimum atomic E-state index is -0.634. The molecule has 0 saturated heterocycles. The Hall–Kier alpha value is -1.72. The summed E-state index contributed by atoms with van der Waals surface area (Å²) in [6, 6.07) is 16.6. The Morgan fingerprint density at radius 2 is 1.85 bits per heavy atom. The van der Waals surface area contributed by atoms with Crippen LogP contribution in [0, 0.1) is 0 Å². The Labute approximate surface area is 131 Å². The van der Waals surface area contributed by atoms with Crippen LogP contribution in [0.25, 0.3) is 0 Å². The van der Waals surface area contributed by atoms with Crippen molar-refractivity contribution in [1.82, 2.24) is 0 Å². The van der Waals surface area contributed by atoms with E-state index in [0.29, 0.717) is 5.69 Å². The molecular formula is C15H13BrN2OS. The molecule has 1 unspecified atom stereocenters. The number of amides is 1. The zero-order valence-corrected chi connectivity index (χ0v) is 12.9. The molecule has 0 heterocycles. The van der Waals surface area contributed by atoms with E-state index in [9.17, 15) is 4.79 Å². The summed E-state index contributed by atoms with van der Waals surface area (Å²) in [4.78, 5) is 12.5. The molecule has 3 nitrogen and oxygen atoms in total. The van der Waals surface area contributed by atoms with E-state index in [-0.39, 0.29) is 10.9 Å². The van der Waals surface area contributed by atoms with E-state index in [1.807, 2.05) is 54.6 Å². The van der Waals surface area contributed by atoms with Gasteiger partial charge >= 0.3 is 0 Å². The molecule has 2 aromatic rings. The van der Waals surface area contributed by atoms with Crippen LogP contribution in [0.3, 0.4) is 0 Å². The summed E-state index contributed by atoms with van der Waals surface area (Å²) < 4.78 is 0.891. The van der Waals surface area contributed by atoms with Gasteiger partial charge in [0, 0.05) is 10.2 Å². The molecular weight excluding hydrogens is 336 g/mol. The van der Waals surface area contributed by atoms with Gasteiger partial charge in [-0.2, -0.15) is 0 Å². The van der Waals surface area contributed by atoms with E-state index in [4.69, 9.17) is 18.0 Å². The van der Waals surface area contributed by atoms with E-state index in [1.54, 1.807) is 0 Å². The molecule has 0 bridgehead atoms. The summed E-state index contributed by atoms with van der Waals surface area (Å²) >= 11 is 8.39. The summed E-state index contributed by atoms with van der Waals surface area (Å²) in [6.45, 7) is 0. The Kier molecular flexibility index (Phi) is 4.87. The van der Waals surface area contributed by atoms with E-state index in [1.165, 1.54) is 0 Å². The molecule has 0 fully saturated rings. The number of hydrogen-bond acceptors (Lipinski definition) is 2. The lowest BCUT2D eigenvalue weighted by molar-refractivity contribution is -0.116. The molecule has 0 aliphatic rings. The first-order valence-electron chi connectivity index (χ1n) is 5.98. The number of nitrogens with one attached hydrogen (secondary N) is 1. The smallest absolute Gasteiger partial charge is 0.238 e. The Bertz CT molecular complexity index is 631. The number of anilines is 1. The molecule has 1 amide bonds. The van der Waals surface area contributed by atoms with Crippen molar-refractivity contribution < 1.29 is 4.79 Å². The van der Waals surface area contributed by atoms with Crippen LogP contribution in [0.1, 0.15) is 11.5 Å². The maximum Gasteiger partial charge on any atom is 0.238 e. The summed E-state index contributed by atoms with van der Waals surface area (Å²) in [7, 11) is 0. The predicted molar refractivity (Wildman–Crippen MR) is 88.7 cm³/mol. The number of carbonyl (C=O) groups is 1. The predicted octanol–water partition coefficient (Wildman–Crippen LogP) is 3.46. The van der Waals surface area contributed by atoms with Gasteiger partial charge in [0.2, 0.25) is 5.91 Å². The average molecular weight is 349 g/mol. The fraction of sp³-hybridized carbons (Fsp3) is 0.0667. The van der Waals surface area contributed by atoms with Crippen LogP contribution in [0.15, 0.2) is 59.1 Å². The standard InChI is InChI=1S/C15H13BrN2OS/c16-11-7-4-8-12(9-11)18-15(19)13(14(17)20)10-5-2-1-3-6-10/h1-9,13H,(H2,17,20)(H,18,19). The maximum absolute atomic E-state index is 12.4. The van der Waals surface area contributed by atoms with Gasteiger partial charge in [0.25, 0.3) is 0 Å². The van der Waals surface area contributed by atoms with Crippen molar-refractivity contribution in [3.8, 4) is 0 Å². The second kappa shape index (κ2) is 6.63. The number of nitrogens with two attached hydrogens (primary N) is 1. The molecule has 20 heavy (non-hydrogen) atoms. The third-order valence-electron chi connectivity index (χ3n) is 2.77. The molecule has 102 valence electrons. The number of carbonyl (C=O) groups excluding carboxylic acids is 1. The van der Waals surface area contributed by atoms with Crippen molar-refractivity contribution in [2.45, 2.75) is 5.92 Å². The van der Waals surface area contributed by atoms with E-state index in [0.717, 1.165) is 10.0 Å². The molecule has 0 aliphatic carbocycles. The van der Waals surface area contributed by atoms with Gasteiger partial charge in [-0.3, -0.25) is 4.79 Å². The van der Waals surface area contributed by atoms with Crippen LogP contribution in [0.4, 0.5) is 5.69 Å². The number of hydrogen-bond donors (Lipinski definition) is 2. The van der Waals surface area contributed by atoms with Crippen molar-refractivity contribution in [2.75, 3.05) is 5.32 Å². The molecule has 0 radical (unpaired) electrons. The monoisotopic (exact) mass is 348 g/mol. The summed E-state index contributed by atoms with van der Waals surface area (Å²) in [5.74, 6) is -0.869. The molecule has 0 saturated carbocycles. The highest BCUT2D eigenvalue weighted by molar-refractivity contribution is 9.10. The average Bonchev–Trinajstić information content (AvgIpc) is 2.39. The largest absolute Gasteiger partial charge is 0.392 e. The van der Waals surface area contributed by atoms with Gasteiger partial charge in [0.15, 0.2) is 0 Å². The van der Waals surface area contributed by atoms with Gasteiger partial charge in [-0.05, 0) is 23.8 Å². The molecule has 1 atom stereocenters. The van der Waals surface area contributed by atoms with Crippen molar-refractivity contribution in [1.29, 1.82) is 0 Å². The van der Waals surface area contributed by atoms with Crippen molar-refractivity contribution >= 4 is 44.7 Å². The van der Waals surface area contributed by atoms with Gasteiger partial charge < -0.3 is 11.1 Å². The lowest BCUT2D eigenvalue weighted by atomic mass is 9.98. The minimum Gasteiger partial charge on any atom is -0.392 e. The zero-order valence-electron chi connectivity index (χ0n) is 10.5. The van der Waals surface area contributed by atoms with Crippen LogP contribution >= 0.6 is 28.1 Å². The molecule has 0 aliphatic heterocycles. The minimum absolute atomic E-state index is 0.156. The SMILES string of the molecule is NC(=S)C(C(=O)Nc1cccc(Br)c1)c1ccccc1. The van der Waals surface area contributed by atoms with Gasteiger partial charge in [0.1, 0.15) is 5.92 Å². The number of rotatable bonds is 4. The molecule has 0 spiro atoms. The third-order valence-corrected chi connectivity index (χ3v) is 3.50. The van der Waals surface area contributed by atoms with Crippen LogP contribution in [0.5, 0.6) is 0 Å². The van der Waals surface area contributed by atoms with Gasteiger partial charge in [-0.1, -0.05) is 64.5 Å². The number of thiocarbonyl (C=S) groups is 1. The van der Waals surface area contributed by atoms with Crippen LogP contribution in [0.2, 0.25) is 0 Å². The fourth-order valence-corrected chi connectivity index (χ4v) is 2.51. The molecule has 0 aromatic heterocycles. The van der Waals surface area contributed by atoms with E-state index >= 15 is 0 Å². The Morgan fingerprint density at radius 3 is 2.45 bits per heavy atom. The summed E-state index contributed by atoms with van der Waals surface area (Å²) in [5.41, 5.74) is 7.20. The number of benzene rings is 2. The summed E-state index contributed by atoms with van der Waals surface area (Å²) in [5, 5.41) is 2.83. The van der Waals surface area contributed by atoms with Crippen molar-refractivity contribution in [2.24, 2.45) is 5.73 Å². The van der Waals surface area contributed by atoms with Crippen LogP contribution in [-0.4, -0.2) is 10.9 Å². The quantitative estimate of drug-likeness (QED) is 0.832. The first kappa shape index (κ1) is 14.7. The molecule has 2 rings (SSSR count). The van der Waals surface area contributed by atoms with E-state index < -0.39 is 5.92 Å². The van der Waals surface area contributed by atoms with Gasteiger partial charge in [-0.25, -0.2) is 0 Å². The van der Waals surface area contributed by atoms with Crippen molar-refractivity contribution in [3.05, 3.63) is 64.6 Å². The van der Waals surface area contributed by atoms with Gasteiger partial charge in [0.05, 0.1) is 4.99 Å². The lowest BCUT2D eigenvalue weighted by Crippen LogP contribution is -2.31. The fourth-order valence-electron chi connectivity index (χ4n) is 1.87. The Morgan fingerprint density at radius 1 is 1.15 bits per heavy atom. The normalized spacial score (nSPS) is 11.7. The van der Waals surface area contributed by atoms with E-state index in [2.05, 4.69) is 21.2 Å². The first-order chi connectivity index (χ1) is 9.58. The summed E-state index contributed by atoms with van der Waals surface area (Å²) in [6.07, 6.45) is 0. The maximum atomic E-state index is 12.4. The highest BCUT2D eigenvalue weighted by atomic mass is 79.9. The Balaban J connectivity index is 2.23. The lowest BCUT2D eigenvalue weighted by Gasteiger charge is -2.16. The second-order valence-corrected chi connectivity index (χ2v) is 5.63. The molecule has 2 aromatic carbocycles. The topological polar surface area (TPSA) is 55.1 Å². The zero-order chi connectivity index (χ0) is 14.5. The number of halogens is 1. The first-order valence-corrected chi connectivity index (χ1v) is 7.19. The van der Waals surface area contributed by atoms with Gasteiger partial charge in [-0.15, -0.1) is 0 Å². The molecule has 3 N–H and O–H groups in total. The third kappa shape index (κ3) is 3.65. The van der Waals surface area contributed by atoms with Crippen LogP contribution < -0.4 is 11.1 Å². The van der Waals surface area contributed by atoms with Crippen LogP contribution in [-0.2, 0) is 4.79 Å². The molecule has 5 heteroatoms. The highest BCUT2D eigenvalue weighted by Crippen LogP contribution is 2.20. The highest BCUT2D eigenvalue weighted by Gasteiger charge is 2.23. The second-order valence-electron chi connectivity index (χ2n) is 4.25. The van der Waals surface area contributed by atoms with Crippen molar-refractivity contribution in [3.63, 3.8) is 0 Å².